The Bertz CT molecular complexity index is 543. The zero-order chi connectivity index (χ0) is 13.9. The number of halogens is 2. The summed E-state index contributed by atoms with van der Waals surface area (Å²) in [6, 6.07) is 4.30. The van der Waals surface area contributed by atoms with Crippen LogP contribution in [0.25, 0.3) is 0 Å². The van der Waals surface area contributed by atoms with Crippen LogP contribution in [0.5, 0.6) is 0 Å². The van der Waals surface area contributed by atoms with Gasteiger partial charge in [-0.05, 0) is 44.1 Å². The zero-order valence-corrected chi connectivity index (χ0v) is 12.7. The maximum absolute atomic E-state index is 12.0. The van der Waals surface area contributed by atoms with E-state index in [1.165, 1.54) is 31.0 Å². The predicted octanol–water partition coefficient (Wildman–Crippen LogP) is 2.37. The van der Waals surface area contributed by atoms with Gasteiger partial charge >= 0.3 is 0 Å². The Hall–Kier alpha value is -0.330. The first-order valence-electron chi connectivity index (χ1n) is 6.16. The second-order valence-corrected chi connectivity index (χ2v) is 7.10. The molecule has 0 atom stereocenters. The minimum absolute atomic E-state index is 0.142. The van der Waals surface area contributed by atoms with Crippen molar-refractivity contribution in [1.29, 1.82) is 0 Å². The molecule has 1 fully saturated rings. The number of hydrogen-bond acceptors (Lipinski definition) is 3. The van der Waals surface area contributed by atoms with Crippen LogP contribution >= 0.6 is 23.2 Å². The summed E-state index contributed by atoms with van der Waals surface area (Å²) in [5.74, 6) is 0. The molecule has 7 heteroatoms. The molecular formula is C12H16Cl2N2O2S. The van der Waals surface area contributed by atoms with E-state index in [1.807, 2.05) is 0 Å². The molecule has 0 aromatic heterocycles. The number of sulfonamides is 1. The average Bonchev–Trinajstić information content (AvgIpc) is 2.85. The summed E-state index contributed by atoms with van der Waals surface area (Å²) in [6.45, 7) is 3.24. The molecule has 1 aliphatic rings. The summed E-state index contributed by atoms with van der Waals surface area (Å²) >= 11 is 11.6. The summed E-state index contributed by atoms with van der Waals surface area (Å²) in [4.78, 5) is 2.39. The topological polar surface area (TPSA) is 49.4 Å². The van der Waals surface area contributed by atoms with Crippen molar-refractivity contribution in [1.82, 2.24) is 9.62 Å². The van der Waals surface area contributed by atoms with Crippen molar-refractivity contribution < 1.29 is 8.42 Å². The third-order valence-corrected chi connectivity index (χ3v) is 5.32. The van der Waals surface area contributed by atoms with Gasteiger partial charge < -0.3 is 4.90 Å². The molecule has 1 aromatic rings. The van der Waals surface area contributed by atoms with Crippen molar-refractivity contribution in [3.63, 3.8) is 0 Å². The molecule has 1 aromatic carbocycles. The number of hydrogen-bond donors (Lipinski definition) is 1. The quantitative estimate of drug-likeness (QED) is 0.905. The van der Waals surface area contributed by atoms with Gasteiger partial charge in [-0.25, -0.2) is 13.1 Å². The largest absolute Gasteiger partial charge is 0.302 e. The van der Waals surface area contributed by atoms with Gasteiger partial charge in [0.2, 0.25) is 10.0 Å². The molecule has 0 saturated carbocycles. The van der Waals surface area contributed by atoms with E-state index in [1.54, 1.807) is 0 Å². The minimum Gasteiger partial charge on any atom is -0.302 e. The van der Waals surface area contributed by atoms with Crippen molar-refractivity contribution in [2.45, 2.75) is 17.7 Å². The third-order valence-electron chi connectivity index (χ3n) is 3.12. The lowest BCUT2D eigenvalue weighted by Crippen LogP contribution is -2.33. The van der Waals surface area contributed by atoms with Gasteiger partial charge in [-0.2, -0.15) is 0 Å². The number of likely N-dealkylation sites (tertiary alicyclic amines) is 1. The molecule has 1 heterocycles. The van der Waals surface area contributed by atoms with Crippen LogP contribution < -0.4 is 4.72 Å². The van der Waals surface area contributed by atoms with Crippen LogP contribution in [0.15, 0.2) is 23.1 Å². The van der Waals surface area contributed by atoms with Crippen LogP contribution in [0.2, 0.25) is 10.0 Å². The summed E-state index contributed by atoms with van der Waals surface area (Å²) in [5, 5.41) is 0.585. The highest BCUT2D eigenvalue weighted by atomic mass is 35.5. The Kier molecular flexibility index (Phi) is 5.09. The van der Waals surface area contributed by atoms with E-state index in [0.29, 0.717) is 11.6 Å². The molecule has 19 heavy (non-hydrogen) atoms. The Balaban J connectivity index is 1.95. The molecule has 0 radical (unpaired) electrons. The molecule has 1 saturated heterocycles. The monoisotopic (exact) mass is 322 g/mol. The van der Waals surface area contributed by atoms with Crippen molar-refractivity contribution in [2.24, 2.45) is 0 Å². The lowest BCUT2D eigenvalue weighted by molar-refractivity contribution is 0.344. The highest BCUT2D eigenvalue weighted by Crippen LogP contribution is 2.24. The van der Waals surface area contributed by atoms with Crippen molar-refractivity contribution in [3.8, 4) is 0 Å². The van der Waals surface area contributed by atoms with E-state index in [0.717, 1.165) is 19.6 Å². The first-order valence-corrected chi connectivity index (χ1v) is 8.40. The van der Waals surface area contributed by atoms with E-state index in [4.69, 9.17) is 23.2 Å². The van der Waals surface area contributed by atoms with Crippen molar-refractivity contribution in [2.75, 3.05) is 26.2 Å². The molecule has 0 unspecified atom stereocenters. The van der Waals surface area contributed by atoms with E-state index < -0.39 is 10.0 Å². The van der Waals surface area contributed by atoms with Gasteiger partial charge in [0, 0.05) is 13.1 Å². The molecule has 4 nitrogen and oxygen atoms in total. The fourth-order valence-electron chi connectivity index (χ4n) is 2.07. The summed E-state index contributed by atoms with van der Waals surface area (Å²) < 4.78 is 26.7. The highest BCUT2D eigenvalue weighted by molar-refractivity contribution is 7.89. The first kappa shape index (κ1) is 15.1. The van der Waals surface area contributed by atoms with E-state index >= 15 is 0 Å². The molecule has 1 N–H and O–H groups in total. The number of benzene rings is 1. The Morgan fingerprint density at radius 3 is 2.47 bits per heavy atom. The van der Waals surface area contributed by atoms with Crippen LogP contribution in [0.4, 0.5) is 0 Å². The van der Waals surface area contributed by atoms with E-state index in [-0.39, 0.29) is 9.92 Å². The van der Waals surface area contributed by atoms with Crippen LogP contribution in [-0.4, -0.2) is 39.5 Å². The van der Waals surface area contributed by atoms with Gasteiger partial charge in [-0.1, -0.05) is 23.2 Å². The van der Waals surface area contributed by atoms with Gasteiger partial charge in [0.15, 0.2) is 0 Å². The fraction of sp³-hybridized carbons (Fsp3) is 0.500. The van der Waals surface area contributed by atoms with E-state index in [9.17, 15) is 8.42 Å². The highest BCUT2D eigenvalue weighted by Gasteiger charge is 2.16. The molecule has 0 bridgehead atoms. The second kappa shape index (κ2) is 6.41. The number of nitrogens with zero attached hydrogens (tertiary/aromatic N) is 1. The first-order chi connectivity index (χ1) is 8.99. The number of nitrogens with one attached hydrogen (secondary N) is 1. The van der Waals surface area contributed by atoms with Gasteiger partial charge in [-0.15, -0.1) is 0 Å². The van der Waals surface area contributed by atoms with E-state index in [2.05, 4.69) is 9.62 Å². The molecule has 106 valence electrons. The number of rotatable bonds is 5. The molecule has 0 amide bonds. The standard InChI is InChI=1S/C12H16Cl2N2O2S/c13-11-4-3-10(9-12(11)14)19(17,18)15-5-8-16-6-1-2-7-16/h3-4,9,15H,1-2,5-8H2. The normalized spacial score (nSPS) is 16.9. The maximum atomic E-state index is 12.0. The smallest absolute Gasteiger partial charge is 0.240 e. The van der Waals surface area contributed by atoms with Crippen molar-refractivity contribution in [3.05, 3.63) is 28.2 Å². The third kappa shape index (κ3) is 4.07. The Labute approximate surface area is 123 Å². The molecular weight excluding hydrogens is 307 g/mol. The summed E-state index contributed by atoms with van der Waals surface area (Å²) in [7, 11) is -3.51. The van der Waals surface area contributed by atoms with Crippen LogP contribution in [0.3, 0.4) is 0 Å². The molecule has 0 spiro atoms. The maximum Gasteiger partial charge on any atom is 0.240 e. The fourth-order valence-corrected chi connectivity index (χ4v) is 3.48. The lowest BCUT2D eigenvalue weighted by Gasteiger charge is -2.15. The summed E-state index contributed by atoms with van der Waals surface area (Å²) in [5.41, 5.74) is 0. The van der Waals surface area contributed by atoms with Crippen LogP contribution in [0.1, 0.15) is 12.8 Å². The van der Waals surface area contributed by atoms with Crippen LogP contribution in [-0.2, 0) is 10.0 Å². The van der Waals surface area contributed by atoms with Crippen LogP contribution in [0, 0.1) is 0 Å². The van der Waals surface area contributed by atoms with Gasteiger partial charge in [0.25, 0.3) is 0 Å². The van der Waals surface area contributed by atoms with Gasteiger partial charge in [-0.3, -0.25) is 0 Å². The molecule has 1 aliphatic heterocycles. The zero-order valence-electron chi connectivity index (χ0n) is 10.4. The Morgan fingerprint density at radius 1 is 1.16 bits per heavy atom. The molecule has 0 aliphatic carbocycles. The summed E-state index contributed by atoms with van der Waals surface area (Å²) in [6.07, 6.45) is 2.39. The lowest BCUT2D eigenvalue weighted by atomic mass is 10.4. The second-order valence-electron chi connectivity index (χ2n) is 4.52. The SMILES string of the molecule is O=S(=O)(NCCN1CCCC1)c1ccc(Cl)c(Cl)c1. The van der Waals surface area contributed by atoms with Gasteiger partial charge in [0.1, 0.15) is 0 Å². The van der Waals surface area contributed by atoms with Crippen molar-refractivity contribution >= 4 is 33.2 Å². The average molecular weight is 323 g/mol. The molecule has 2 rings (SSSR count). The predicted molar refractivity (Wildman–Crippen MR) is 77.3 cm³/mol. The Morgan fingerprint density at radius 2 is 1.84 bits per heavy atom. The minimum atomic E-state index is -3.51. The van der Waals surface area contributed by atoms with Gasteiger partial charge in [0.05, 0.1) is 14.9 Å².